The lowest BCUT2D eigenvalue weighted by atomic mass is 10.0. The number of hydrogen-bond donors (Lipinski definition) is 1. The third-order valence-electron chi connectivity index (χ3n) is 2.97. The third kappa shape index (κ3) is 5.61. The van der Waals surface area contributed by atoms with E-state index in [4.69, 9.17) is 5.73 Å². The predicted octanol–water partition coefficient (Wildman–Crippen LogP) is 2.36. The molecule has 0 aliphatic rings. The molecule has 1 amide bonds. The van der Waals surface area contributed by atoms with Crippen molar-refractivity contribution in [3.8, 4) is 0 Å². The second kappa shape index (κ2) is 7.28. The van der Waals surface area contributed by atoms with Crippen molar-refractivity contribution >= 4 is 5.91 Å². The van der Waals surface area contributed by atoms with Gasteiger partial charge in [-0.3, -0.25) is 4.79 Å². The van der Waals surface area contributed by atoms with Crippen LogP contribution in [0.5, 0.6) is 0 Å². The van der Waals surface area contributed by atoms with Crippen LogP contribution in [0.3, 0.4) is 0 Å². The first-order chi connectivity index (χ1) is 9.33. The number of amides is 1. The lowest BCUT2D eigenvalue weighted by molar-refractivity contribution is -0.161. The molecule has 0 aliphatic carbocycles. The molecule has 0 fully saturated rings. The number of carbonyl (C=O) groups is 1. The van der Waals surface area contributed by atoms with E-state index in [-0.39, 0.29) is 6.54 Å². The average molecular weight is 288 g/mol. The number of benzene rings is 1. The SMILES string of the molecule is CCN(CC(F)(F)F)C(=O)C(N)CCc1ccccc1. The summed E-state index contributed by atoms with van der Waals surface area (Å²) in [6, 6.07) is 8.48. The maximum Gasteiger partial charge on any atom is 0.406 e. The van der Waals surface area contributed by atoms with Gasteiger partial charge in [-0.15, -0.1) is 0 Å². The topological polar surface area (TPSA) is 46.3 Å². The monoisotopic (exact) mass is 288 g/mol. The minimum atomic E-state index is -4.40. The van der Waals surface area contributed by atoms with Gasteiger partial charge in [0.05, 0.1) is 6.04 Å². The molecule has 0 saturated carbocycles. The van der Waals surface area contributed by atoms with E-state index in [1.807, 2.05) is 30.3 Å². The van der Waals surface area contributed by atoms with Crippen LogP contribution < -0.4 is 5.73 Å². The Labute approximate surface area is 116 Å². The summed E-state index contributed by atoms with van der Waals surface area (Å²) in [6.07, 6.45) is -3.50. The van der Waals surface area contributed by atoms with E-state index in [1.165, 1.54) is 6.92 Å². The zero-order valence-electron chi connectivity index (χ0n) is 11.4. The van der Waals surface area contributed by atoms with Gasteiger partial charge in [0.2, 0.25) is 5.91 Å². The first-order valence-corrected chi connectivity index (χ1v) is 6.48. The van der Waals surface area contributed by atoms with E-state index in [0.717, 1.165) is 10.5 Å². The first kappa shape index (κ1) is 16.5. The second-order valence-electron chi connectivity index (χ2n) is 4.60. The Kier molecular flexibility index (Phi) is 6.01. The Balaban J connectivity index is 2.52. The van der Waals surface area contributed by atoms with Crippen LogP contribution in [0.1, 0.15) is 18.9 Å². The van der Waals surface area contributed by atoms with E-state index < -0.39 is 24.7 Å². The number of alkyl halides is 3. The highest BCUT2D eigenvalue weighted by atomic mass is 19.4. The number of rotatable bonds is 6. The van der Waals surface area contributed by atoms with Gasteiger partial charge in [-0.1, -0.05) is 30.3 Å². The highest BCUT2D eigenvalue weighted by Crippen LogP contribution is 2.17. The van der Waals surface area contributed by atoms with Crippen molar-refractivity contribution in [1.82, 2.24) is 4.90 Å². The van der Waals surface area contributed by atoms with Gasteiger partial charge in [0, 0.05) is 6.54 Å². The van der Waals surface area contributed by atoms with E-state index in [9.17, 15) is 18.0 Å². The molecule has 1 unspecified atom stereocenters. The van der Waals surface area contributed by atoms with Crippen LogP contribution in [0.15, 0.2) is 30.3 Å². The highest BCUT2D eigenvalue weighted by molar-refractivity contribution is 5.81. The van der Waals surface area contributed by atoms with Crippen LogP contribution in [0, 0.1) is 0 Å². The molecule has 1 aromatic rings. The van der Waals surface area contributed by atoms with Gasteiger partial charge < -0.3 is 10.6 Å². The Hall–Kier alpha value is -1.56. The van der Waals surface area contributed by atoms with Gasteiger partial charge in [-0.25, -0.2) is 0 Å². The summed E-state index contributed by atoms with van der Waals surface area (Å²) in [5.41, 5.74) is 6.71. The molecular weight excluding hydrogens is 269 g/mol. The van der Waals surface area contributed by atoms with Gasteiger partial charge in [-0.2, -0.15) is 13.2 Å². The molecule has 0 aliphatic heterocycles. The predicted molar refractivity (Wildman–Crippen MR) is 71.0 cm³/mol. The van der Waals surface area contributed by atoms with Crippen molar-refractivity contribution in [3.05, 3.63) is 35.9 Å². The summed E-state index contributed by atoms with van der Waals surface area (Å²) in [7, 11) is 0. The summed E-state index contributed by atoms with van der Waals surface area (Å²) in [4.78, 5) is 12.6. The molecule has 0 heterocycles. The van der Waals surface area contributed by atoms with Crippen molar-refractivity contribution in [2.75, 3.05) is 13.1 Å². The number of likely N-dealkylation sites (N-methyl/N-ethyl adjacent to an activating group) is 1. The Morgan fingerprint density at radius 2 is 1.90 bits per heavy atom. The van der Waals surface area contributed by atoms with E-state index in [0.29, 0.717) is 12.8 Å². The van der Waals surface area contributed by atoms with Crippen LogP contribution in [0.25, 0.3) is 0 Å². The number of nitrogens with two attached hydrogens (primary N) is 1. The quantitative estimate of drug-likeness (QED) is 0.873. The van der Waals surface area contributed by atoms with Gasteiger partial charge in [0.15, 0.2) is 0 Å². The van der Waals surface area contributed by atoms with Crippen LogP contribution >= 0.6 is 0 Å². The Morgan fingerprint density at radius 1 is 1.30 bits per heavy atom. The van der Waals surface area contributed by atoms with Gasteiger partial charge in [0.25, 0.3) is 0 Å². The minimum absolute atomic E-state index is 0.00260. The molecule has 6 heteroatoms. The third-order valence-corrected chi connectivity index (χ3v) is 2.97. The van der Waals surface area contributed by atoms with Crippen LogP contribution in [-0.2, 0) is 11.2 Å². The number of hydrogen-bond acceptors (Lipinski definition) is 2. The molecule has 0 bridgehead atoms. The molecule has 1 aromatic carbocycles. The van der Waals surface area contributed by atoms with Gasteiger partial charge in [-0.05, 0) is 25.3 Å². The maximum absolute atomic E-state index is 12.3. The fourth-order valence-electron chi connectivity index (χ4n) is 1.89. The molecule has 112 valence electrons. The number of nitrogens with zero attached hydrogens (tertiary/aromatic N) is 1. The van der Waals surface area contributed by atoms with Gasteiger partial charge in [0.1, 0.15) is 6.54 Å². The van der Waals surface area contributed by atoms with Crippen molar-refractivity contribution in [1.29, 1.82) is 0 Å². The van der Waals surface area contributed by atoms with Crippen molar-refractivity contribution in [3.63, 3.8) is 0 Å². The number of halogens is 3. The standard InChI is InChI=1S/C14H19F3N2O/c1-2-19(10-14(15,16)17)13(20)12(18)9-8-11-6-4-3-5-7-11/h3-7,12H,2,8-10,18H2,1H3. The number of carbonyl (C=O) groups excluding carboxylic acids is 1. The highest BCUT2D eigenvalue weighted by Gasteiger charge is 2.33. The Morgan fingerprint density at radius 3 is 2.40 bits per heavy atom. The summed E-state index contributed by atoms with van der Waals surface area (Å²) >= 11 is 0. The lowest BCUT2D eigenvalue weighted by Crippen LogP contribution is -2.47. The van der Waals surface area contributed by atoms with Crippen molar-refractivity contribution < 1.29 is 18.0 Å². The molecule has 20 heavy (non-hydrogen) atoms. The van der Waals surface area contributed by atoms with Crippen molar-refractivity contribution in [2.45, 2.75) is 32.0 Å². The fourth-order valence-corrected chi connectivity index (χ4v) is 1.89. The second-order valence-corrected chi connectivity index (χ2v) is 4.60. The minimum Gasteiger partial charge on any atom is -0.333 e. The molecule has 3 nitrogen and oxygen atoms in total. The summed E-state index contributed by atoms with van der Waals surface area (Å²) < 4.78 is 37.0. The molecular formula is C14H19F3N2O. The van der Waals surface area contributed by atoms with Crippen LogP contribution in [-0.4, -0.2) is 36.1 Å². The Bertz CT molecular complexity index is 420. The summed E-state index contributed by atoms with van der Waals surface area (Å²) in [5, 5.41) is 0. The fraction of sp³-hybridized carbons (Fsp3) is 0.500. The molecule has 0 radical (unpaired) electrons. The summed E-state index contributed by atoms with van der Waals surface area (Å²) in [6.45, 7) is 0.256. The van der Waals surface area contributed by atoms with E-state index in [1.54, 1.807) is 0 Å². The largest absolute Gasteiger partial charge is 0.406 e. The molecule has 0 spiro atoms. The molecule has 2 N–H and O–H groups in total. The molecule has 1 atom stereocenters. The lowest BCUT2D eigenvalue weighted by Gasteiger charge is -2.25. The van der Waals surface area contributed by atoms with Crippen LogP contribution in [0.4, 0.5) is 13.2 Å². The molecule has 0 saturated heterocycles. The zero-order valence-corrected chi connectivity index (χ0v) is 11.4. The smallest absolute Gasteiger partial charge is 0.333 e. The van der Waals surface area contributed by atoms with Crippen LogP contribution in [0.2, 0.25) is 0 Å². The average Bonchev–Trinajstić information content (AvgIpc) is 2.41. The zero-order chi connectivity index (χ0) is 15.2. The van der Waals surface area contributed by atoms with E-state index >= 15 is 0 Å². The summed E-state index contributed by atoms with van der Waals surface area (Å²) in [5.74, 6) is -0.652. The normalized spacial score (nSPS) is 13.1. The maximum atomic E-state index is 12.3. The van der Waals surface area contributed by atoms with E-state index in [2.05, 4.69) is 0 Å². The molecule has 1 rings (SSSR count). The first-order valence-electron chi connectivity index (χ1n) is 6.48. The van der Waals surface area contributed by atoms with Crippen molar-refractivity contribution in [2.24, 2.45) is 5.73 Å². The van der Waals surface area contributed by atoms with Gasteiger partial charge >= 0.3 is 6.18 Å². The number of aryl methyl sites for hydroxylation is 1. The molecule has 0 aromatic heterocycles.